The summed E-state index contributed by atoms with van der Waals surface area (Å²) in [5.74, 6) is 0.499. The molecule has 0 radical (unpaired) electrons. The van der Waals surface area contributed by atoms with E-state index in [1.165, 1.54) is 27.8 Å². The van der Waals surface area contributed by atoms with Crippen molar-refractivity contribution >= 4 is 50.9 Å². The van der Waals surface area contributed by atoms with Gasteiger partial charge >= 0.3 is 0 Å². The van der Waals surface area contributed by atoms with Crippen LogP contribution in [-0.4, -0.2) is 20.9 Å². The Hall–Kier alpha value is -3.03. The van der Waals surface area contributed by atoms with E-state index in [1.807, 2.05) is 37.3 Å². The molecule has 1 N–H and O–H groups in total. The summed E-state index contributed by atoms with van der Waals surface area (Å²) in [7, 11) is 0. The predicted octanol–water partition coefficient (Wildman–Crippen LogP) is 4.75. The molecule has 2 aromatic carbocycles. The average Bonchev–Trinajstić information content (AvgIpc) is 3.02. The Kier molecular flexibility index (Phi) is 4.93. The number of para-hydroxylation sites is 1. The molecule has 0 atom stereocenters. The van der Waals surface area contributed by atoms with Crippen molar-refractivity contribution < 1.29 is 0 Å². The number of aromatic nitrogens is 3. The Morgan fingerprint density at radius 1 is 1.11 bits per heavy atom. The van der Waals surface area contributed by atoms with Crippen LogP contribution in [0.15, 0.2) is 58.4 Å². The summed E-state index contributed by atoms with van der Waals surface area (Å²) in [5.41, 5.74) is 2.53. The van der Waals surface area contributed by atoms with Gasteiger partial charge in [-0.3, -0.25) is 4.79 Å². The molecule has 8 heteroatoms. The first kappa shape index (κ1) is 18.3. The molecule has 28 heavy (non-hydrogen) atoms. The molecular formula is C20H16ClN5OS. The first-order valence-corrected chi connectivity index (χ1v) is 9.73. The third-order valence-corrected chi connectivity index (χ3v) is 5.42. The Balaban J connectivity index is 1.64. The standard InChI is InChI=1S/C20H16ClN5OS/c1-12-7-9-14(10-8-12)24-20-25-18(21)17(28-20)11-22-26-13(2)23-16-6-4-3-5-15(16)19(26)27/h3-11H,1-2H3,(H,24,25)/b22-11+. The van der Waals surface area contributed by atoms with Crippen LogP contribution in [0, 0.1) is 13.8 Å². The van der Waals surface area contributed by atoms with Gasteiger partial charge < -0.3 is 5.32 Å². The summed E-state index contributed by atoms with van der Waals surface area (Å²) in [6, 6.07) is 15.2. The van der Waals surface area contributed by atoms with E-state index < -0.39 is 0 Å². The molecule has 4 rings (SSSR count). The summed E-state index contributed by atoms with van der Waals surface area (Å²) in [5, 5.41) is 9.00. The maximum Gasteiger partial charge on any atom is 0.282 e. The van der Waals surface area contributed by atoms with E-state index in [9.17, 15) is 4.79 Å². The zero-order valence-electron chi connectivity index (χ0n) is 15.2. The van der Waals surface area contributed by atoms with Crippen molar-refractivity contribution in [3.63, 3.8) is 0 Å². The normalized spacial score (nSPS) is 11.4. The van der Waals surface area contributed by atoms with Crippen LogP contribution in [0.5, 0.6) is 0 Å². The fraction of sp³-hybridized carbons (Fsp3) is 0.100. The fourth-order valence-corrected chi connectivity index (χ4v) is 3.73. The van der Waals surface area contributed by atoms with E-state index in [2.05, 4.69) is 20.4 Å². The molecule has 0 amide bonds. The minimum atomic E-state index is -0.224. The van der Waals surface area contributed by atoms with Gasteiger partial charge in [-0.2, -0.15) is 9.78 Å². The smallest absolute Gasteiger partial charge is 0.282 e. The molecule has 2 heterocycles. The van der Waals surface area contributed by atoms with E-state index in [4.69, 9.17) is 11.6 Å². The molecule has 0 saturated heterocycles. The first-order valence-electron chi connectivity index (χ1n) is 8.54. The zero-order chi connectivity index (χ0) is 19.7. The van der Waals surface area contributed by atoms with Gasteiger partial charge in [0.1, 0.15) is 5.82 Å². The Morgan fingerprint density at radius 2 is 1.86 bits per heavy atom. The molecule has 4 aromatic rings. The van der Waals surface area contributed by atoms with Crippen molar-refractivity contribution in [2.24, 2.45) is 5.10 Å². The number of hydrogen-bond acceptors (Lipinski definition) is 6. The van der Waals surface area contributed by atoms with Crippen molar-refractivity contribution in [1.82, 2.24) is 14.6 Å². The third-order valence-electron chi connectivity index (χ3n) is 4.12. The van der Waals surface area contributed by atoms with Crippen LogP contribution in [0.4, 0.5) is 10.8 Å². The van der Waals surface area contributed by atoms with E-state index >= 15 is 0 Å². The van der Waals surface area contributed by atoms with E-state index in [0.29, 0.717) is 31.9 Å². The lowest BCUT2D eigenvalue weighted by Gasteiger charge is -2.04. The highest BCUT2D eigenvalue weighted by atomic mass is 35.5. The molecule has 0 aliphatic heterocycles. The lowest BCUT2D eigenvalue weighted by atomic mass is 10.2. The highest BCUT2D eigenvalue weighted by molar-refractivity contribution is 7.17. The molecule has 6 nitrogen and oxygen atoms in total. The number of thiazole rings is 1. The number of fused-ring (bicyclic) bond motifs is 1. The van der Waals surface area contributed by atoms with Crippen LogP contribution in [0.3, 0.4) is 0 Å². The van der Waals surface area contributed by atoms with Crippen molar-refractivity contribution in [3.05, 3.63) is 80.3 Å². The number of aryl methyl sites for hydroxylation is 2. The van der Waals surface area contributed by atoms with Gasteiger partial charge in [0.25, 0.3) is 5.56 Å². The Bertz CT molecular complexity index is 1240. The Morgan fingerprint density at radius 3 is 2.64 bits per heavy atom. The lowest BCUT2D eigenvalue weighted by Crippen LogP contribution is -2.20. The number of hydrogen-bond donors (Lipinski definition) is 1. The van der Waals surface area contributed by atoms with Gasteiger partial charge in [-0.05, 0) is 38.1 Å². The second kappa shape index (κ2) is 7.53. The van der Waals surface area contributed by atoms with Gasteiger partial charge in [0.2, 0.25) is 0 Å². The van der Waals surface area contributed by atoms with Gasteiger partial charge in [-0.25, -0.2) is 9.97 Å². The number of benzene rings is 2. The second-order valence-corrected chi connectivity index (χ2v) is 7.59. The molecule has 0 unspecified atom stereocenters. The molecule has 2 aromatic heterocycles. The van der Waals surface area contributed by atoms with Gasteiger partial charge in [0, 0.05) is 5.69 Å². The Labute approximate surface area is 170 Å². The predicted molar refractivity (Wildman–Crippen MR) is 115 cm³/mol. The quantitative estimate of drug-likeness (QED) is 0.494. The van der Waals surface area contributed by atoms with E-state index in [0.717, 1.165) is 5.69 Å². The number of nitrogens with one attached hydrogen (secondary N) is 1. The number of anilines is 2. The van der Waals surface area contributed by atoms with E-state index in [-0.39, 0.29) is 5.56 Å². The minimum Gasteiger partial charge on any atom is -0.331 e. The molecule has 0 saturated carbocycles. The lowest BCUT2D eigenvalue weighted by molar-refractivity contribution is 0.771. The second-order valence-electron chi connectivity index (χ2n) is 6.20. The molecule has 0 bridgehead atoms. The highest BCUT2D eigenvalue weighted by Crippen LogP contribution is 2.28. The van der Waals surface area contributed by atoms with Crippen molar-refractivity contribution in [2.75, 3.05) is 5.32 Å². The van der Waals surface area contributed by atoms with Gasteiger partial charge in [0.15, 0.2) is 10.3 Å². The van der Waals surface area contributed by atoms with Crippen LogP contribution < -0.4 is 10.9 Å². The van der Waals surface area contributed by atoms with Gasteiger partial charge in [-0.1, -0.05) is 52.8 Å². The minimum absolute atomic E-state index is 0.224. The molecular weight excluding hydrogens is 394 g/mol. The highest BCUT2D eigenvalue weighted by Gasteiger charge is 2.10. The maximum atomic E-state index is 12.7. The molecule has 140 valence electrons. The molecule has 0 aliphatic rings. The van der Waals surface area contributed by atoms with Gasteiger partial charge in [-0.15, -0.1) is 0 Å². The van der Waals surface area contributed by atoms with E-state index in [1.54, 1.807) is 25.1 Å². The fourth-order valence-electron chi connectivity index (χ4n) is 2.69. The number of halogens is 1. The SMILES string of the molecule is Cc1ccc(Nc2nc(Cl)c(/C=N/n3c(C)nc4ccccc4c3=O)s2)cc1. The summed E-state index contributed by atoms with van der Waals surface area (Å²) in [4.78, 5) is 22.1. The molecule has 0 aliphatic carbocycles. The summed E-state index contributed by atoms with van der Waals surface area (Å²) in [6.07, 6.45) is 1.53. The zero-order valence-corrected chi connectivity index (χ0v) is 16.8. The van der Waals surface area contributed by atoms with Crippen molar-refractivity contribution in [1.29, 1.82) is 0 Å². The third kappa shape index (κ3) is 3.67. The van der Waals surface area contributed by atoms with Crippen LogP contribution in [-0.2, 0) is 0 Å². The monoisotopic (exact) mass is 409 g/mol. The van der Waals surface area contributed by atoms with Crippen LogP contribution >= 0.6 is 22.9 Å². The summed E-state index contributed by atoms with van der Waals surface area (Å²) < 4.78 is 1.27. The molecule has 0 spiro atoms. The number of rotatable bonds is 4. The van der Waals surface area contributed by atoms with Crippen LogP contribution in [0.1, 0.15) is 16.3 Å². The van der Waals surface area contributed by atoms with Crippen molar-refractivity contribution in [3.8, 4) is 0 Å². The van der Waals surface area contributed by atoms with Crippen LogP contribution in [0.2, 0.25) is 5.15 Å². The topological polar surface area (TPSA) is 72.2 Å². The maximum absolute atomic E-state index is 12.7. The van der Waals surface area contributed by atoms with Gasteiger partial charge in [0.05, 0.1) is 22.0 Å². The number of nitrogens with zero attached hydrogens (tertiary/aromatic N) is 4. The summed E-state index contributed by atoms with van der Waals surface area (Å²) >= 11 is 7.60. The van der Waals surface area contributed by atoms with Crippen molar-refractivity contribution in [2.45, 2.75) is 13.8 Å². The average molecular weight is 410 g/mol. The first-order chi connectivity index (χ1) is 13.5. The summed E-state index contributed by atoms with van der Waals surface area (Å²) in [6.45, 7) is 3.77. The van der Waals surface area contributed by atoms with Crippen LogP contribution in [0.25, 0.3) is 10.9 Å². The molecule has 0 fully saturated rings. The largest absolute Gasteiger partial charge is 0.331 e.